The van der Waals surface area contributed by atoms with Crippen LogP contribution in [0, 0.1) is 5.92 Å². The fraction of sp³-hybridized carbons (Fsp3) is 0.500. The number of halogens is 2. The minimum absolute atomic E-state index is 0.218. The van der Waals surface area contributed by atoms with Gasteiger partial charge in [-0.05, 0) is 43.4 Å². The quantitative estimate of drug-likeness (QED) is 0.845. The molecule has 1 atom stereocenters. The molecule has 1 aromatic carbocycles. The molecule has 1 fully saturated rings. The number of rotatable bonds is 5. The molecule has 1 aliphatic heterocycles. The molecule has 1 saturated heterocycles. The molecule has 0 spiro atoms. The molecule has 1 aromatic rings. The van der Waals surface area contributed by atoms with Crippen molar-refractivity contribution in [1.82, 2.24) is 5.32 Å². The average molecular weight is 360 g/mol. The lowest BCUT2D eigenvalue weighted by Crippen LogP contribution is -2.50. The molecule has 1 amide bonds. The highest BCUT2D eigenvalue weighted by Crippen LogP contribution is 2.29. The van der Waals surface area contributed by atoms with Crippen LogP contribution in [0.1, 0.15) is 31.7 Å². The van der Waals surface area contributed by atoms with Crippen molar-refractivity contribution in [3.63, 3.8) is 0 Å². The third-order valence-corrected chi connectivity index (χ3v) is 4.87. The van der Waals surface area contributed by atoms with Crippen LogP contribution in [0.4, 0.5) is 0 Å². The predicted octanol–water partition coefficient (Wildman–Crippen LogP) is 3.23. The molecular formula is C16H19Cl2NO4. The zero-order valence-corrected chi connectivity index (χ0v) is 14.3. The first-order valence-corrected chi connectivity index (χ1v) is 8.16. The molecule has 1 aliphatic rings. The minimum Gasteiger partial charge on any atom is -0.479 e. The first-order valence-electron chi connectivity index (χ1n) is 7.40. The number of hydrogen-bond acceptors (Lipinski definition) is 3. The largest absolute Gasteiger partial charge is 0.479 e. The SMILES string of the molecule is CC(NC(=O)CC1CCOCC1)(C(=O)O)c1ccc(Cl)c(Cl)c1. The van der Waals surface area contributed by atoms with Crippen LogP contribution in [0.15, 0.2) is 18.2 Å². The first-order chi connectivity index (χ1) is 10.8. The maximum atomic E-state index is 12.3. The van der Waals surface area contributed by atoms with Crippen LogP contribution in [0.25, 0.3) is 0 Å². The van der Waals surface area contributed by atoms with E-state index in [1.54, 1.807) is 6.07 Å². The average Bonchev–Trinajstić information content (AvgIpc) is 2.50. The summed E-state index contributed by atoms with van der Waals surface area (Å²) in [6, 6.07) is 4.54. The van der Waals surface area contributed by atoms with E-state index in [4.69, 9.17) is 27.9 Å². The monoisotopic (exact) mass is 359 g/mol. The lowest BCUT2D eigenvalue weighted by molar-refractivity contribution is -0.147. The third-order valence-electron chi connectivity index (χ3n) is 4.13. The predicted molar refractivity (Wildman–Crippen MR) is 87.8 cm³/mol. The summed E-state index contributed by atoms with van der Waals surface area (Å²) in [4.78, 5) is 24.0. The van der Waals surface area contributed by atoms with E-state index in [-0.39, 0.29) is 23.3 Å². The molecule has 126 valence electrons. The summed E-state index contributed by atoms with van der Waals surface area (Å²) < 4.78 is 5.26. The number of carboxylic acids is 1. The summed E-state index contributed by atoms with van der Waals surface area (Å²) in [6.45, 7) is 2.72. The molecule has 0 aliphatic carbocycles. The lowest BCUT2D eigenvalue weighted by atomic mass is 9.90. The van der Waals surface area contributed by atoms with Gasteiger partial charge in [-0.2, -0.15) is 0 Å². The molecule has 0 bridgehead atoms. The van der Waals surface area contributed by atoms with Crippen LogP contribution >= 0.6 is 23.2 Å². The normalized spacial score (nSPS) is 18.2. The smallest absolute Gasteiger partial charge is 0.333 e. The van der Waals surface area contributed by atoms with E-state index < -0.39 is 11.5 Å². The molecule has 0 saturated carbocycles. The highest BCUT2D eigenvalue weighted by atomic mass is 35.5. The molecule has 2 rings (SSSR count). The van der Waals surface area contributed by atoms with Crippen molar-refractivity contribution < 1.29 is 19.4 Å². The summed E-state index contributed by atoms with van der Waals surface area (Å²) in [6.07, 6.45) is 1.90. The Hall–Kier alpha value is -1.30. The summed E-state index contributed by atoms with van der Waals surface area (Å²) in [5.74, 6) is -1.24. The Bertz CT molecular complexity index is 602. The Morgan fingerprint density at radius 3 is 2.52 bits per heavy atom. The Kier molecular flexibility index (Phi) is 5.89. The van der Waals surface area contributed by atoms with Crippen molar-refractivity contribution in [3.05, 3.63) is 33.8 Å². The van der Waals surface area contributed by atoms with E-state index in [1.165, 1.54) is 19.1 Å². The number of ether oxygens (including phenoxy) is 1. The fourth-order valence-corrected chi connectivity index (χ4v) is 2.90. The summed E-state index contributed by atoms with van der Waals surface area (Å²) in [5, 5.41) is 12.8. The minimum atomic E-state index is -1.56. The Balaban J connectivity index is 2.14. The van der Waals surface area contributed by atoms with Crippen molar-refractivity contribution in [2.24, 2.45) is 5.92 Å². The molecule has 0 radical (unpaired) electrons. The molecule has 5 nitrogen and oxygen atoms in total. The zero-order valence-electron chi connectivity index (χ0n) is 12.8. The third kappa shape index (κ3) is 4.37. The van der Waals surface area contributed by atoms with E-state index in [2.05, 4.69) is 5.32 Å². The molecule has 7 heteroatoms. The van der Waals surface area contributed by atoms with Gasteiger partial charge in [-0.15, -0.1) is 0 Å². The van der Waals surface area contributed by atoms with Crippen LogP contribution in [0.3, 0.4) is 0 Å². The summed E-state index contributed by atoms with van der Waals surface area (Å²) in [7, 11) is 0. The van der Waals surface area contributed by atoms with Gasteiger partial charge in [-0.1, -0.05) is 29.3 Å². The van der Waals surface area contributed by atoms with Crippen LogP contribution < -0.4 is 5.32 Å². The number of carboxylic acid groups (broad SMARTS) is 1. The van der Waals surface area contributed by atoms with Gasteiger partial charge in [0.25, 0.3) is 0 Å². The topological polar surface area (TPSA) is 75.6 Å². The number of carbonyl (C=O) groups is 2. The van der Waals surface area contributed by atoms with Gasteiger partial charge in [0.2, 0.25) is 5.91 Å². The molecule has 1 unspecified atom stereocenters. The van der Waals surface area contributed by atoms with Crippen LogP contribution in [0.5, 0.6) is 0 Å². The lowest BCUT2D eigenvalue weighted by Gasteiger charge is -2.29. The fourth-order valence-electron chi connectivity index (χ4n) is 2.60. The zero-order chi connectivity index (χ0) is 17.0. The van der Waals surface area contributed by atoms with Gasteiger partial charge in [0.05, 0.1) is 10.0 Å². The van der Waals surface area contributed by atoms with Crippen molar-refractivity contribution in [1.29, 1.82) is 0 Å². The van der Waals surface area contributed by atoms with Crippen molar-refractivity contribution >= 4 is 35.1 Å². The number of nitrogens with one attached hydrogen (secondary N) is 1. The number of amides is 1. The van der Waals surface area contributed by atoms with Crippen LogP contribution in [-0.2, 0) is 19.9 Å². The second kappa shape index (κ2) is 7.51. The van der Waals surface area contributed by atoms with E-state index in [9.17, 15) is 14.7 Å². The summed E-state index contributed by atoms with van der Waals surface area (Å²) >= 11 is 11.8. The molecule has 2 N–H and O–H groups in total. The van der Waals surface area contributed by atoms with Crippen LogP contribution in [0.2, 0.25) is 10.0 Å². The van der Waals surface area contributed by atoms with E-state index in [0.717, 1.165) is 12.8 Å². The molecular weight excluding hydrogens is 341 g/mol. The van der Waals surface area contributed by atoms with E-state index in [1.807, 2.05) is 0 Å². The highest BCUT2D eigenvalue weighted by molar-refractivity contribution is 6.42. The Morgan fingerprint density at radius 1 is 1.30 bits per heavy atom. The Labute approximate surface area is 144 Å². The van der Waals surface area contributed by atoms with Gasteiger partial charge in [-0.25, -0.2) is 4.79 Å². The summed E-state index contributed by atoms with van der Waals surface area (Å²) in [5.41, 5.74) is -1.18. The van der Waals surface area contributed by atoms with E-state index >= 15 is 0 Å². The first kappa shape index (κ1) is 18.0. The number of aliphatic carboxylic acids is 1. The second-order valence-corrected chi connectivity index (χ2v) is 6.68. The van der Waals surface area contributed by atoms with Gasteiger partial charge < -0.3 is 15.2 Å². The van der Waals surface area contributed by atoms with Gasteiger partial charge in [0, 0.05) is 19.6 Å². The number of hydrogen-bond donors (Lipinski definition) is 2. The van der Waals surface area contributed by atoms with E-state index in [0.29, 0.717) is 23.8 Å². The maximum Gasteiger partial charge on any atom is 0.333 e. The van der Waals surface area contributed by atoms with Gasteiger partial charge in [0.15, 0.2) is 5.54 Å². The van der Waals surface area contributed by atoms with Crippen molar-refractivity contribution in [3.8, 4) is 0 Å². The van der Waals surface area contributed by atoms with Gasteiger partial charge >= 0.3 is 5.97 Å². The van der Waals surface area contributed by atoms with Crippen molar-refractivity contribution in [2.75, 3.05) is 13.2 Å². The van der Waals surface area contributed by atoms with Crippen molar-refractivity contribution in [2.45, 2.75) is 31.7 Å². The van der Waals surface area contributed by atoms with Crippen LogP contribution in [-0.4, -0.2) is 30.2 Å². The number of benzene rings is 1. The molecule has 0 aromatic heterocycles. The molecule has 23 heavy (non-hydrogen) atoms. The van der Waals surface area contributed by atoms with Gasteiger partial charge in [0.1, 0.15) is 0 Å². The Morgan fingerprint density at radius 2 is 1.96 bits per heavy atom. The van der Waals surface area contributed by atoms with Gasteiger partial charge in [-0.3, -0.25) is 4.79 Å². The standard InChI is InChI=1S/C16H19Cl2NO4/c1-16(15(21)22,11-2-3-12(17)13(18)9-11)19-14(20)8-10-4-6-23-7-5-10/h2-3,9-10H,4-8H2,1H3,(H,19,20)(H,21,22). The molecule has 1 heterocycles. The second-order valence-electron chi connectivity index (χ2n) is 5.87. The highest BCUT2D eigenvalue weighted by Gasteiger charge is 2.37. The number of carbonyl (C=O) groups excluding carboxylic acids is 1. The maximum absolute atomic E-state index is 12.3.